The van der Waals surface area contributed by atoms with Crippen LogP contribution in [-0.4, -0.2) is 17.7 Å². The Morgan fingerprint density at radius 3 is 2.62 bits per heavy atom. The van der Waals surface area contributed by atoms with Crippen molar-refractivity contribution in [3.63, 3.8) is 0 Å². The van der Waals surface area contributed by atoms with Gasteiger partial charge in [0.25, 0.3) is 5.91 Å². The van der Waals surface area contributed by atoms with Crippen molar-refractivity contribution in [2.24, 2.45) is 5.16 Å². The summed E-state index contributed by atoms with van der Waals surface area (Å²) >= 11 is 6.02. The standard InChI is InChI=1S/C16H13ClN2O2/c17-12-8-4-5-9-13(12)18-16(20)15-10-14(19-21-15)11-6-2-1-3-7-11/h1-9,15H,10H2,(H,18,20)/t15-/m1/s1. The van der Waals surface area contributed by atoms with Gasteiger partial charge < -0.3 is 10.2 Å². The lowest BCUT2D eigenvalue weighted by Gasteiger charge is -2.10. The second kappa shape index (κ2) is 5.97. The monoisotopic (exact) mass is 300 g/mol. The predicted octanol–water partition coefficient (Wildman–Crippen LogP) is 3.47. The molecule has 1 heterocycles. The topological polar surface area (TPSA) is 50.7 Å². The molecular formula is C16H13ClN2O2. The lowest BCUT2D eigenvalue weighted by Crippen LogP contribution is -2.28. The van der Waals surface area contributed by atoms with Gasteiger partial charge in [0.2, 0.25) is 6.10 Å². The fraction of sp³-hybridized carbons (Fsp3) is 0.125. The largest absolute Gasteiger partial charge is 0.382 e. The summed E-state index contributed by atoms with van der Waals surface area (Å²) < 4.78 is 0. The number of anilines is 1. The number of nitrogens with zero attached hydrogens (tertiary/aromatic N) is 1. The van der Waals surface area contributed by atoms with Crippen LogP contribution in [0.4, 0.5) is 5.69 Å². The minimum Gasteiger partial charge on any atom is -0.382 e. The number of carbonyl (C=O) groups excluding carboxylic acids is 1. The number of benzene rings is 2. The molecule has 1 atom stereocenters. The lowest BCUT2D eigenvalue weighted by molar-refractivity contribution is -0.125. The Morgan fingerprint density at radius 1 is 1.14 bits per heavy atom. The van der Waals surface area contributed by atoms with Gasteiger partial charge in [0.05, 0.1) is 16.4 Å². The Hall–Kier alpha value is -2.33. The molecule has 1 aliphatic rings. The molecule has 2 aromatic carbocycles. The van der Waals surface area contributed by atoms with Crippen molar-refractivity contribution in [2.45, 2.75) is 12.5 Å². The number of hydrogen-bond donors (Lipinski definition) is 1. The average Bonchev–Trinajstić information content (AvgIpc) is 3.00. The van der Waals surface area contributed by atoms with Crippen molar-refractivity contribution in [1.82, 2.24) is 0 Å². The second-order valence-electron chi connectivity index (χ2n) is 4.67. The van der Waals surface area contributed by atoms with Crippen LogP contribution < -0.4 is 5.32 Å². The van der Waals surface area contributed by atoms with E-state index >= 15 is 0 Å². The maximum Gasteiger partial charge on any atom is 0.268 e. The third-order valence-corrected chi connectivity index (χ3v) is 3.53. The molecule has 0 spiro atoms. The normalized spacial score (nSPS) is 17.0. The highest BCUT2D eigenvalue weighted by Gasteiger charge is 2.29. The zero-order chi connectivity index (χ0) is 14.7. The summed E-state index contributed by atoms with van der Waals surface area (Å²) in [6.45, 7) is 0. The average molecular weight is 301 g/mol. The molecular weight excluding hydrogens is 288 g/mol. The first kappa shape index (κ1) is 13.6. The number of carbonyl (C=O) groups is 1. The SMILES string of the molecule is O=C(Nc1ccccc1Cl)[C@H]1CC(c2ccccc2)=NO1. The first-order valence-electron chi connectivity index (χ1n) is 6.57. The number of amides is 1. The highest BCUT2D eigenvalue weighted by molar-refractivity contribution is 6.33. The van der Waals surface area contributed by atoms with Crippen LogP contribution in [0.15, 0.2) is 59.8 Å². The third kappa shape index (κ3) is 3.06. The zero-order valence-corrected chi connectivity index (χ0v) is 11.9. The molecule has 2 aromatic rings. The zero-order valence-electron chi connectivity index (χ0n) is 11.1. The molecule has 0 bridgehead atoms. The molecule has 0 saturated carbocycles. The molecule has 4 nitrogen and oxygen atoms in total. The van der Waals surface area contributed by atoms with Gasteiger partial charge in [-0.25, -0.2) is 0 Å². The highest BCUT2D eigenvalue weighted by Crippen LogP contribution is 2.23. The number of nitrogens with one attached hydrogen (secondary N) is 1. The molecule has 0 aromatic heterocycles. The Bertz CT molecular complexity index is 686. The van der Waals surface area contributed by atoms with E-state index in [2.05, 4.69) is 10.5 Å². The Kier molecular flexibility index (Phi) is 3.88. The van der Waals surface area contributed by atoms with Gasteiger partial charge in [0.1, 0.15) is 0 Å². The summed E-state index contributed by atoms with van der Waals surface area (Å²) in [4.78, 5) is 17.4. The lowest BCUT2D eigenvalue weighted by atomic mass is 10.0. The highest BCUT2D eigenvalue weighted by atomic mass is 35.5. The van der Waals surface area contributed by atoms with E-state index in [4.69, 9.17) is 16.4 Å². The van der Waals surface area contributed by atoms with Crippen LogP contribution in [-0.2, 0) is 9.63 Å². The minimum atomic E-state index is -0.628. The maximum atomic E-state index is 12.2. The molecule has 0 unspecified atom stereocenters. The quantitative estimate of drug-likeness (QED) is 0.943. The maximum absolute atomic E-state index is 12.2. The smallest absolute Gasteiger partial charge is 0.268 e. The van der Waals surface area contributed by atoms with E-state index in [9.17, 15) is 4.79 Å². The molecule has 0 radical (unpaired) electrons. The predicted molar refractivity (Wildman–Crippen MR) is 82.6 cm³/mol. The Balaban J connectivity index is 1.65. The number of para-hydroxylation sites is 1. The molecule has 0 fully saturated rings. The molecule has 1 N–H and O–H groups in total. The van der Waals surface area contributed by atoms with Crippen LogP contribution in [0.3, 0.4) is 0 Å². The van der Waals surface area contributed by atoms with Crippen LogP contribution in [0, 0.1) is 0 Å². The first-order valence-corrected chi connectivity index (χ1v) is 6.95. The molecule has 106 valence electrons. The summed E-state index contributed by atoms with van der Waals surface area (Å²) in [5, 5.41) is 7.24. The third-order valence-electron chi connectivity index (χ3n) is 3.20. The summed E-state index contributed by atoms with van der Waals surface area (Å²) in [5.74, 6) is -0.252. The molecule has 3 rings (SSSR count). The van der Waals surface area contributed by atoms with E-state index in [1.165, 1.54) is 0 Å². The van der Waals surface area contributed by atoms with E-state index in [-0.39, 0.29) is 5.91 Å². The van der Waals surface area contributed by atoms with Gasteiger partial charge in [-0.15, -0.1) is 0 Å². The van der Waals surface area contributed by atoms with Crippen molar-refractivity contribution >= 4 is 28.9 Å². The second-order valence-corrected chi connectivity index (χ2v) is 5.08. The van der Waals surface area contributed by atoms with E-state index < -0.39 is 6.10 Å². The van der Waals surface area contributed by atoms with E-state index in [0.717, 1.165) is 11.3 Å². The van der Waals surface area contributed by atoms with E-state index in [1.54, 1.807) is 18.2 Å². The van der Waals surface area contributed by atoms with Gasteiger partial charge in [-0.2, -0.15) is 0 Å². The van der Waals surface area contributed by atoms with Crippen LogP contribution in [0.25, 0.3) is 0 Å². The minimum absolute atomic E-state index is 0.252. The Morgan fingerprint density at radius 2 is 1.86 bits per heavy atom. The van der Waals surface area contributed by atoms with Gasteiger partial charge >= 0.3 is 0 Å². The van der Waals surface area contributed by atoms with Crippen LogP contribution in [0.5, 0.6) is 0 Å². The first-order chi connectivity index (χ1) is 10.2. The fourth-order valence-corrected chi connectivity index (χ4v) is 2.28. The molecule has 1 amide bonds. The summed E-state index contributed by atoms with van der Waals surface area (Å²) in [6.07, 6.45) is -0.184. The fourth-order valence-electron chi connectivity index (χ4n) is 2.09. The van der Waals surface area contributed by atoms with Crippen molar-refractivity contribution < 1.29 is 9.63 Å². The van der Waals surface area contributed by atoms with Gasteiger partial charge in [-0.1, -0.05) is 59.2 Å². The van der Waals surface area contributed by atoms with E-state index in [0.29, 0.717) is 17.1 Å². The van der Waals surface area contributed by atoms with E-state index in [1.807, 2.05) is 36.4 Å². The number of hydrogen-bond acceptors (Lipinski definition) is 3. The van der Waals surface area contributed by atoms with Crippen LogP contribution in [0.1, 0.15) is 12.0 Å². The van der Waals surface area contributed by atoms with Crippen LogP contribution in [0.2, 0.25) is 5.02 Å². The summed E-state index contributed by atoms with van der Waals surface area (Å²) in [5.41, 5.74) is 2.31. The molecule has 1 aliphatic heterocycles. The molecule has 0 saturated heterocycles. The van der Waals surface area contributed by atoms with Gasteiger partial charge in [0.15, 0.2) is 0 Å². The van der Waals surface area contributed by atoms with Crippen molar-refractivity contribution in [2.75, 3.05) is 5.32 Å². The van der Waals surface area contributed by atoms with Gasteiger partial charge in [-0.3, -0.25) is 4.79 Å². The van der Waals surface area contributed by atoms with Crippen LogP contribution >= 0.6 is 11.6 Å². The number of oxime groups is 1. The van der Waals surface area contributed by atoms with Crippen molar-refractivity contribution in [3.8, 4) is 0 Å². The summed E-state index contributed by atoms with van der Waals surface area (Å²) in [6, 6.07) is 16.7. The van der Waals surface area contributed by atoms with Gasteiger partial charge in [-0.05, 0) is 17.7 Å². The van der Waals surface area contributed by atoms with Crippen molar-refractivity contribution in [3.05, 3.63) is 65.2 Å². The number of rotatable bonds is 3. The molecule has 0 aliphatic carbocycles. The molecule has 5 heteroatoms. The van der Waals surface area contributed by atoms with Crippen molar-refractivity contribution in [1.29, 1.82) is 0 Å². The summed E-state index contributed by atoms with van der Waals surface area (Å²) in [7, 11) is 0. The Labute approximate surface area is 127 Å². The molecule has 21 heavy (non-hydrogen) atoms. The van der Waals surface area contributed by atoms with Gasteiger partial charge in [0, 0.05) is 6.42 Å². The number of halogens is 1.